The largest absolute Gasteiger partial charge is 0.480 e. The summed E-state index contributed by atoms with van der Waals surface area (Å²) in [6.45, 7) is 0.209. The molecule has 1 saturated heterocycles. The first kappa shape index (κ1) is 15.2. The standard InChI is InChI=1S/C19H22N2O3/c22-18(12-20-10-9-13-5-1-3-7-15(13)20)21-16-8-4-2-6-14(16)11-17(21)19(23)24/h1,3,5,7,9-10,14,16-17H,2,4,6,8,11-12H2,(H,23,24). The van der Waals surface area contributed by atoms with Gasteiger partial charge in [-0.05, 0) is 42.7 Å². The molecule has 0 radical (unpaired) electrons. The maximum Gasteiger partial charge on any atom is 0.326 e. The first-order valence-electron chi connectivity index (χ1n) is 8.73. The van der Waals surface area contributed by atoms with Gasteiger partial charge in [0.1, 0.15) is 12.6 Å². The summed E-state index contributed by atoms with van der Waals surface area (Å²) in [5.41, 5.74) is 1.01. The fourth-order valence-electron chi connectivity index (χ4n) is 4.55. The summed E-state index contributed by atoms with van der Waals surface area (Å²) >= 11 is 0. The van der Waals surface area contributed by atoms with E-state index in [0.717, 1.165) is 36.6 Å². The molecule has 2 fully saturated rings. The number of hydrogen-bond acceptors (Lipinski definition) is 2. The van der Waals surface area contributed by atoms with E-state index in [4.69, 9.17) is 0 Å². The monoisotopic (exact) mass is 326 g/mol. The number of nitrogens with zero attached hydrogens (tertiary/aromatic N) is 2. The third-order valence-electron chi connectivity index (χ3n) is 5.65. The van der Waals surface area contributed by atoms with E-state index in [1.54, 1.807) is 4.90 Å². The molecular weight excluding hydrogens is 304 g/mol. The molecule has 0 bridgehead atoms. The minimum Gasteiger partial charge on any atom is -0.480 e. The lowest BCUT2D eigenvalue weighted by molar-refractivity contribution is -0.150. The maximum atomic E-state index is 13.0. The number of likely N-dealkylation sites (tertiary alicyclic amines) is 1. The van der Waals surface area contributed by atoms with Crippen molar-refractivity contribution in [1.82, 2.24) is 9.47 Å². The van der Waals surface area contributed by atoms with Gasteiger partial charge in [-0.2, -0.15) is 0 Å². The Morgan fingerprint density at radius 3 is 2.75 bits per heavy atom. The van der Waals surface area contributed by atoms with Gasteiger partial charge in [0.2, 0.25) is 5.91 Å². The number of carbonyl (C=O) groups is 2. The van der Waals surface area contributed by atoms with Crippen molar-refractivity contribution in [2.45, 2.75) is 50.7 Å². The van der Waals surface area contributed by atoms with Crippen LogP contribution < -0.4 is 0 Å². The van der Waals surface area contributed by atoms with Crippen LogP contribution in [0.3, 0.4) is 0 Å². The van der Waals surface area contributed by atoms with Gasteiger partial charge in [-0.25, -0.2) is 4.79 Å². The Bertz CT molecular complexity index is 782. The number of carbonyl (C=O) groups excluding carboxylic acids is 1. The third kappa shape index (κ3) is 2.48. The van der Waals surface area contributed by atoms with Gasteiger partial charge < -0.3 is 14.6 Å². The average molecular weight is 326 g/mol. The summed E-state index contributed by atoms with van der Waals surface area (Å²) in [6.07, 6.45) is 6.74. The third-order valence-corrected chi connectivity index (χ3v) is 5.65. The van der Waals surface area contributed by atoms with Crippen LogP contribution in [0.4, 0.5) is 0 Å². The molecule has 2 aliphatic rings. The topological polar surface area (TPSA) is 62.5 Å². The zero-order valence-electron chi connectivity index (χ0n) is 13.6. The zero-order chi connectivity index (χ0) is 16.7. The molecular formula is C19H22N2O3. The van der Waals surface area contributed by atoms with E-state index in [0.29, 0.717) is 12.3 Å². The van der Waals surface area contributed by atoms with Gasteiger partial charge in [0.25, 0.3) is 0 Å². The van der Waals surface area contributed by atoms with E-state index in [1.807, 2.05) is 41.1 Å². The normalized spacial score (nSPS) is 26.5. The molecule has 3 unspecified atom stereocenters. The molecule has 126 valence electrons. The molecule has 1 aliphatic heterocycles. The number of aliphatic carboxylic acids is 1. The second-order valence-electron chi connectivity index (χ2n) is 7.01. The second-order valence-corrected chi connectivity index (χ2v) is 7.01. The predicted molar refractivity (Wildman–Crippen MR) is 90.6 cm³/mol. The number of amides is 1. The molecule has 0 spiro atoms. The molecule has 1 aromatic heterocycles. The molecule has 2 heterocycles. The summed E-state index contributed by atoms with van der Waals surface area (Å²) in [5.74, 6) is -0.585. The minimum absolute atomic E-state index is 0.0712. The molecule has 3 atom stereocenters. The van der Waals surface area contributed by atoms with Crippen molar-refractivity contribution in [2.75, 3.05) is 0 Å². The highest BCUT2D eigenvalue weighted by atomic mass is 16.4. The highest BCUT2D eigenvalue weighted by Crippen LogP contribution is 2.40. The molecule has 1 saturated carbocycles. The van der Waals surface area contributed by atoms with Gasteiger partial charge >= 0.3 is 5.97 Å². The lowest BCUT2D eigenvalue weighted by Crippen LogP contribution is -2.47. The highest BCUT2D eigenvalue weighted by Gasteiger charge is 2.47. The van der Waals surface area contributed by atoms with Crippen LogP contribution in [-0.4, -0.2) is 38.5 Å². The number of benzene rings is 1. The van der Waals surface area contributed by atoms with E-state index < -0.39 is 12.0 Å². The summed E-state index contributed by atoms with van der Waals surface area (Å²) in [6, 6.07) is 9.37. The number of para-hydroxylation sites is 1. The Kier molecular flexibility index (Phi) is 3.79. The van der Waals surface area contributed by atoms with Crippen molar-refractivity contribution in [3.05, 3.63) is 36.5 Å². The van der Waals surface area contributed by atoms with E-state index in [2.05, 4.69) is 0 Å². The van der Waals surface area contributed by atoms with Gasteiger partial charge in [-0.15, -0.1) is 0 Å². The van der Waals surface area contributed by atoms with Crippen LogP contribution in [0.2, 0.25) is 0 Å². The van der Waals surface area contributed by atoms with Crippen LogP contribution in [-0.2, 0) is 16.1 Å². The molecule has 5 nitrogen and oxygen atoms in total. The molecule has 24 heavy (non-hydrogen) atoms. The summed E-state index contributed by atoms with van der Waals surface area (Å²) in [5, 5.41) is 10.7. The smallest absolute Gasteiger partial charge is 0.326 e. The van der Waals surface area contributed by atoms with Crippen LogP contribution in [0, 0.1) is 5.92 Å². The number of aromatic nitrogens is 1. The van der Waals surface area contributed by atoms with Crippen molar-refractivity contribution < 1.29 is 14.7 Å². The van der Waals surface area contributed by atoms with E-state index in [-0.39, 0.29) is 18.5 Å². The highest BCUT2D eigenvalue weighted by molar-refractivity contribution is 5.87. The molecule has 2 aromatic rings. The molecule has 1 amide bonds. The van der Waals surface area contributed by atoms with Crippen LogP contribution >= 0.6 is 0 Å². The Balaban J connectivity index is 1.60. The van der Waals surface area contributed by atoms with Crippen LogP contribution in [0.5, 0.6) is 0 Å². The van der Waals surface area contributed by atoms with Crippen LogP contribution in [0.1, 0.15) is 32.1 Å². The minimum atomic E-state index is -0.866. The van der Waals surface area contributed by atoms with Crippen molar-refractivity contribution in [3.8, 4) is 0 Å². The Morgan fingerprint density at radius 2 is 1.92 bits per heavy atom. The molecule has 5 heteroatoms. The lowest BCUT2D eigenvalue weighted by Gasteiger charge is -2.33. The quantitative estimate of drug-likeness (QED) is 0.943. The first-order valence-corrected chi connectivity index (χ1v) is 8.73. The Labute approximate surface area is 140 Å². The molecule has 1 aliphatic carbocycles. The Hall–Kier alpha value is -2.30. The van der Waals surface area contributed by atoms with Gasteiger partial charge in [0.15, 0.2) is 0 Å². The van der Waals surface area contributed by atoms with E-state index in [1.165, 1.54) is 0 Å². The average Bonchev–Trinajstić information content (AvgIpc) is 3.16. The Morgan fingerprint density at radius 1 is 1.12 bits per heavy atom. The first-order chi connectivity index (χ1) is 11.6. The number of carboxylic acids is 1. The second kappa shape index (κ2) is 5.96. The van der Waals surface area contributed by atoms with Gasteiger partial charge in [-0.3, -0.25) is 4.79 Å². The van der Waals surface area contributed by atoms with Gasteiger partial charge in [-0.1, -0.05) is 31.0 Å². The van der Waals surface area contributed by atoms with E-state index in [9.17, 15) is 14.7 Å². The maximum absolute atomic E-state index is 13.0. The summed E-state index contributed by atoms with van der Waals surface area (Å²) in [7, 11) is 0. The zero-order valence-corrected chi connectivity index (χ0v) is 13.6. The lowest BCUT2D eigenvalue weighted by atomic mass is 9.85. The fraction of sp³-hybridized carbons (Fsp3) is 0.474. The van der Waals surface area contributed by atoms with Gasteiger partial charge in [0, 0.05) is 17.8 Å². The van der Waals surface area contributed by atoms with Crippen molar-refractivity contribution >= 4 is 22.8 Å². The van der Waals surface area contributed by atoms with Crippen molar-refractivity contribution in [3.63, 3.8) is 0 Å². The SMILES string of the molecule is O=C(O)C1CC2CCCCC2N1C(=O)Cn1ccc2ccccc21. The predicted octanol–water partition coefficient (Wildman–Crippen LogP) is 2.89. The summed E-state index contributed by atoms with van der Waals surface area (Å²) in [4.78, 5) is 26.3. The van der Waals surface area contributed by atoms with Crippen LogP contribution in [0.25, 0.3) is 10.9 Å². The number of carboxylic acid groups (broad SMARTS) is 1. The van der Waals surface area contributed by atoms with Crippen molar-refractivity contribution in [2.24, 2.45) is 5.92 Å². The molecule has 4 rings (SSSR count). The molecule has 1 aromatic carbocycles. The summed E-state index contributed by atoms with van der Waals surface area (Å²) < 4.78 is 1.92. The van der Waals surface area contributed by atoms with Crippen molar-refractivity contribution in [1.29, 1.82) is 0 Å². The van der Waals surface area contributed by atoms with E-state index >= 15 is 0 Å². The number of rotatable bonds is 3. The molecule has 1 N–H and O–H groups in total. The van der Waals surface area contributed by atoms with Crippen LogP contribution in [0.15, 0.2) is 36.5 Å². The van der Waals surface area contributed by atoms with Gasteiger partial charge in [0.05, 0.1) is 0 Å². The number of fused-ring (bicyclic) bond motifs is 2. The number of hydrogen-bond donors (Lipinski definition) is 1. The fourth-order valence-corrected chi connectivity index (χ4v) is 4.55.